The van der Waals surface area contributed by atoms with Crippen molar-refractivity contribution in [3.63, 3.8) is 0 Å². The van der Waals surface area contributed by atoms with Gasteiger partial charge in [-0.25, -0.2) is 0 Å². The minimum Gasteiger partial charge on any atom is -0.463 e. The number of rotatable bonds is 19. The van der Waals surface area contributed by atoms with E-state index in [1.807, 2.05) is 0 Å². The largest absolute Gasteiger partial charge is 0.463 e. The maximum absolute atomic E-state index is 11.8. The van der Waals surface area contributed by atoms with E-state index in [0.29, 0.717) is 6.42 Å². The molecule has 0 aromatic rings. The predicted octanol–water partition coefficient (Wildman–Crippen LogP) is 7.39. The average molecular weight is 445 g/mol. The SMILES string of the molecule is CCCCCCCCCCCCCCCC(=O)OC[C@@H](O)CO[Si](C)(C)C(C)(C)C. The Morgan fingerprint density at radius 3 is 1.67 bits per heavy atom. The van der Waals surface area contributed by atoms with Gasteiger partial charge in [0.15, 0.2) is 8.32 Å². The molecular weight excluding hydrogens is 392 g/mol. The van der Waals surface area contributed by atoms with Gasteiger partial charge >= 0.3 is 5.97 Å². The summed E-state index contributed by atoms with van der Waals surface area (Å²) in [4.78, 5) is 11.8. The highest BCUT2D eigenvalue weighted by atomic mass is 28.4. The Bertz CT molecular complexity index is 418. The molecule has 0 bridgehead atoms. The van der Waals surface area contributed by atoms with Gasteiger partial charge in [-0.05, 0) is 24.6 Å². The van der Waals surface area contributed by atoms with E-state index in [-0.39, 0.29) is 24.2 Å². The summed E-state index contributed by atoms with van der Waals surface area (Å²) in [5.41, 5.74) is 0. The first-order valence-corrected chi connectivity index (χ1v) is 15.5. The van der Waals surface area contributed by atoms with Crippen molar-refractivity contribution in [2.24, 2.45) is 0 Å². The molecule has 0 aromatic heterocycles. The topological polar surface area (TPSA) is 55.8 Å². The molecule has 0 heterocycles. The first-order chi connectivity index (χ1) is 14.1. The van der Waals surface area contributed by atoms with Gasteiger partial charge in [0.2, 0.25) is 0 Å². The van der Waals surface area contributed by atoms with Gasteiger partial charge in [-0.1, -0.05) is 105 Å². The number of aliphatic hydroxyl groups excluding tert-OH is 1. The molecule has 0 unspecified atom stereocenters. The van der Waals surface area contributed by atoms with E-state index in [0.717, 1.165) is 12.8 Å². The minimum atomic E-state index is -1.88. The number of aliphatic hydroxyl groups is 1. The van der Waals surface area contributed by atoms with Crippen molar-refractivity contribution in [1.29, 1.82) is 0 Å². The number of esters is 1. The molecule has 1 atom stereocenters. The predicted molar refractivity (Wildman–Crippen MR) is 130 cm³/mol. The lowest BCUT2D eigenvalue weighted by molar-refractivity contribution is -0.147. The first-order valence-electron chi connectivity index (χ1n) is 12.6. The lowest BCUT2D eigenvalue weighted by Crippen LogP contribution is -2.43. The quantitative estimate of drug-likeness (QED) is 0.128. The van der Waals surface area contributed by atoms with E-state index >= 15 is 0 Å². The van der Waals surface area contributed by atoms with Crippen LogP contribution in [0.1, 0.15) is 118 Å². The Balaban J connectivity index is 3.51. The van der Waals surface area contributed by atoms with Crippen LogP contribution in [0.15, 0.2) is 0 Å². The van der Waals surface area contributed by atoms with Crippen LogP contribution in [0.5, 0.6) is 0 Å². The number of hydrogen-bond acceptors (Lipinski definition) is 4. The molecule has 0 aliphatic rings. The van der Waals surface area contributed by atoms with Crippen molar-refractivity contribution in [2.45, 2.75) is 142 Å². The highest BCUT2D eigenvalue weighted by Crippen LogP contribution is 2.36. The second-order valence-corrected chi connectivity index (χ2v) is 15.2. The third-order valence-electron chi connectivity index (χ3n) is 6.36. The van der Waals surface area contributed by atoms with Gasteiger partial charge in [-0.2, -0.15) is 0 Å². The molecule has 1 N–H and O–H groups in total. The molecule has 0 aliphatic carbocycles. The van der Waals surface area contributed by atoms with E-state index in [9.17, 15) is 9.90 Å². The summed E-state index contributed by atoms with van der Waals surface area (Å²) in [5.74, 6) is -0.204. The van der Waals surface area contributed by atoms with Gasteiger partial charge in [-0.3, -0.25) is 4.79 Å². The average Bonchev–Trinajstić information content (AvgIpc) is 2.67. The number of carbonyl (C=O) groups excluding carboxylic acids is 1. The van der Waals surface area contributed by atoms with Crippen LogP contribution >= 0.6 is 0 Å². The summed E-state index contributed by atoms with van der Waals surface area (Å²) in [6, 6.07) is 0. The molecule has 30 heavy (non-hydrogen) atoms. The third-order valence-corrected chi connectivity index (χ3v) is 10.9. The third kappa shape index (κ3) is 16.3. The Morgan fingerprint density at radius 1 is 0.800 bits per heavy atom. The van der Waals surface area contributed by atoms with Crippen molar-refractivity contribution in [3.05, 3.63) is 0 Å². The number of ether oxygens (including phenoxy) is 1. The van der Waals surface area contributed by atoms with E-state index in [2.05, 4.69) is 40.8 Å². The second kappa shape index (κ2) is 17.2. The van der Waals surface area contributed by atoms with Gasteiger partial charge in [0.25, 0.3) is 0 Å². The van der Waals surface area contributed by atoms with Gasteiger partial charge < -0.3 is 14.3 Å². The lowest BCUT2D eigenvalue weighted by atomic mass is 10.0. The summed E-state index contributed by atoms with van der Waals surface area (Å²) in [5, 5.41) is 10.1. The van der Waals surface area contributed by atoms with E-state index in [1.54, 1.807) is 0 Å². The monoisotopic (exact) mass is 444 g/mol. The summed E-state index contributed by atoms with van der Waals surface area (Å²) in [6.45, 7) is 13.3. The van der Waals surface area contributed by atoms with Gasteiger partial charge in [0.05, 0.1) is 6.61 Å². The summed E-state index contributed by atoms with van der Waals surface area (Å²) < 4.78 is 11.2. The fourth-order valence-electron chi connectivity index (χ4n) is 3.12. The van der Waals surface area contributed by atoms with E-state index < -0.39 is 14.4 Å². The molecule has 4 nitrogen and oxygen atoms in total. The van der Waals surface area contributed by atoms with Gasteiger partial charge in [0.1, 0.15) is 12.7 Å². The maximum Gasteiger partial charge on any atom is 0.305 e. The minimum absolute atomic E-state index is 0.0336. The van der Waals surface area contributed by atoms with Crippen molar-refractivity contribution < 1.29 is 19.1 Å². The highest BCUT2D eigenvalue weighted by molar-refractivity contribution is 6.74. The summed E-state index contributed by atoms with van der Waals surface area (Å²) in [7, 11) is -1.88. The Morgan fingerprint density at radius 2 is 1.23 bits per heavy atom. The van der Waals surface area contributed by atoms with Crippen LogP contribution in [-0.4, -0.2) is 38.7 Å². The molecule has 0 spiro atoms. The normalized spacial score (nSPS) is 13.4. The molecule has 0 saturated heterocycles. The molecule has 0 aliphatic heterocycles. The van der Waals surface area contributed by atoms with E-state index in [1.165, 1.54) is 70.6 Å². The second-order valence-electron chi connectivity index (χ2n) is 10.4. The van der Waals surface area contributed by atoms with Gasteiger partial charge in [0, 0.05) is 6.42 Å². The van der Waals surface area contributed by atoms with Crippen molar-refractivity contribution in [3.8, 4) is 0 Å². The van der Waals surface area contributed by atoms with Crippen LogP contribution < -0.4 is 0 Å². The maximum atomic E-state index is 11.8. The van der Waals surface area contributed by atoms with Crippen LogP contribution in [0.3, 0.4) is 0 Å². The van der Waals surface area contributed by atoms with Crippen molar-refractivity contribution in [2.75, 3.05) is 13.2 Å². The standard InChI is InChI=1S/C25H52O4Si/c1-7-8-9-10-11-12-13-14-15-16-17-18-19-20-24(27)28-21-23(26)22-29-30(5,6)25(2,3)4/h23,26H,7-22H2,1-6H3/t23-/m1/s1. The Labute approximate surface area is 188 Å². The number of unbranched alkanes of at least 4 members (excludes halogenated alkanes) is 12. The van der Waals surface area contributed by atoms with Crippen LogP contribution in [-0.2, 0) is 14.0 Å². The zero-order valence-corrected chi connectivity index (χ0v) is 22.1. The van der Waals surface area contributed by atoms with Crippen molar-refractivity contribution >= 4 is 14.3 Å². The highest BCUT2D eigenvalue weighted by Gasteiger charge is 2.37. The smallest absolute Gasteiger partial charge is 0.305 e. The zero-order chi connectivity index (χ0) is 22.9. The van der Waals surface area contributed by atoms with Crippen LogP contribution in [0.2, 0.25) is 18.1 Å². The zero-order valence-electron chi connectivity index (χ0n) is 21.1. The molecule has 0 saturated carbocycles. The van der Waals surface area contributed by atoms with Crippen molar-refractivity contribution in [1.82, 2.24) is 0 Å². The molecule has 0 fully saturated rings. The first kappa shape index (κ1) is 29.6. The molecule has 0 radical (unpaired) electrons. The Kier molecular flexibility index (Phi) is 17.0. The fraction of sp³-hybridized carbons (Fsp3) is 0.960. The molecule has 180 valence electrons. The van der Waals surface area contributed by atoms with Crippen LogP contribution in [0.25, 0.3) is 0 Å². The Hall–Kier alpha value is -0.393. The van der Waals surface area contributed by atoms with Crippen LogP contribution in [0, 0.1) is 0 Å². The molecule has 0 amide bonds. The van der Waals surface area contributed by atoms with Crippen LogP contribution in [0.4, 0.5) is 0 Å². The molecular formula is C25H52O4Si. The lowest BCUT2D eigenvalue weighted by Gasteiger charge is -2.36. The number of hydrogen-bond donors (Lipinski definition) is 1. The fourth-order valence-corrected chi connectivity index (χ4v) is 4.16. The summed E-state index contributed by atoms with van der Waals surface area (Å²) >= 11 is 0. The molecule has 0 rings (SSSR count). The molecule has 0 aromatic carbocycles. The molecule has 5 heteroatoms. The summed E-state index contributed by atoms with van der Waals surface area (Å²) in [6.07, 6.45) is 16.5. The van der Waals surface area contributed by atoms with Gasteiger partial charge in [-0.15, -0.1) is 0 Å². The van der Waals surface area contributed by atoms with E-state index in [4.69, 9.17) is 9.16 Å². The number of carbonyl (C=O) groups is 1.